The van der Waals surface area contributed by atoms with Gasteiger partial charge in [-0.3, -0.25) is 4.79 Å². The number of nitrogens with zero attached hydrogens (tertiary/aromatic N) is 1. The van der Waals surface area contributed by atoms with E-state index in [1.165, 1.54) is 11.3 Å². The molecule has 2 rings (SSSR count). The van der Waals surface area contributed by atoms with Gasteiger partial charge in [0.25, 0.3) is 0 Å². The number of thiazole rings is 1. The van der Waals surface area contributed by atoms with Crippen molar-refractivity contribution in [3.05, 3.63) is 40.5 Å². The van der Waals surface area contributed by atoms with Gasteiger partial charge in [-0.25, -0.2) is 4.98 Å². The zero-order valence-electron chi connectivity index (χ0n) is 8.74. The molecule has 1 heterocycles. The molecular weight excluding hydrogens is 242 g/mol. The monoisotopic (exact) mass is 251 g/mol. The van der Waals surface area contributed by atoms with E-state index in [-0.39, 0.29) is 5.78 Å². The normalized spacial score (nSPS) is 10.4. The van der Waals surface area contributed by atoms with E-state index in [1.54, 1.807) is 6.20 Å². The molecule has 82 valence electrons. The first-order valence-electron chi connectivity index (χ1n) is 4.95. The fourth-order valence-electron chi connectivity index (χ4n) is 1.30. The van der Waals surface area contributed by atoms with E-state index in [2.05, 4.69) is 4.98 Å². The molecule has 2 aromatic rings. The molecule has 0 fully saturated rings. The Morgan fingerprint density at radius 3 is 2.69 bits per heavy atom. The summed E-state index contributed by atoms with van der Waals surface area (Å²) in [4.78, 5) is 16.6. The largest absolute Gasteiger partial charge is 0.292 e. The van der Waals surface area contributed by atoms with Crippen molar-refractivity contribution in [1.29, 1.82) is 0 Å². The van der Waals surface area contributed by atoms with Crippen LogP contribution in [0.25, 0.3) is 10.4 Å². The third-order valence-corrected chi connectivity index (χ3v) is 3.53. The minimum absolute atomic E-state index is 0.0882. The lowest BCUT2D eigenvalue weighted by molar-refractivity contribution is 0.0988. The first kappa shape index (κ1) is 11.3. The molecule has 1 aromatic carbocycles. The summed E-state index contributed by atoms with van der Waals surface area (Å²) < 4.78 is 0. The molecule has 16 heavy (non-hydrogen) atoms. The number of halogens is 1. The van der Waals surface area contributed by atoms with Gasteiger partial charge < -0.3 is 0 Å². The van der Waals surface area contributed by atoms with Gasteiger partial charge in [0.2, 0.25) is 0 Å². The number of carbonyl (C=O) groups is 1. The number of benzene rings is 1. The highest BCUT2D eigenvalue weighted by Gasteiger charge is 2.09. The van der Waals surface area contributed by atoms with Crippen LogP contribution in [0, 0.1) is 0 Å². The van der Waals surface area contributed by atoms with Crippen molar-refractivity contribution in [2.24, 2.45) is 0 Å². The second-order valence-corrected chi connectivity index (χ2v) is 4.78. The summed E-state index contributed by atoms with van der Waals surface area (Å²) in [5, 5.41) is 1.28. The van der Waals surface area contributed by atoms with Gasteiger partial charge in [0.05, 0.1) is 4.88 Å². The molecule has 0 spiro atoms. The van der Waals surface area contributed by atoms with Crippen LogP contribution in [-0.4, -0.2) is 10.8 Å². The number of ketones is 1. The fourth-order valence-corrected chi connectivity index (χ4v) is 2.36. The fraction of sp³-hybridized carbons (Fsp3) is 0.167. The molecule has 0 atom stereocenters. The number of hydrogen-bond acceptors (Lipinski definition) is 3. The molecule has 2 nitrogen and oxygen atoms in total. The Hall–Kier alpha value is -1.19. The second kappa shape index (κ2) is 4.76. The van der Waals surface area contributed by atoms with E-state index in [0.717, 1.165) is 10.4 Å². The van der Waals surface area contributed by atoms with Crippen molar-refractivity contribution in [1.82, 2.24) is 4.98 Å². The Balaban J connectivity index is 2.31. The summed E-state index contributed by atoms with van der Waals surface area (Å²) in [5.74, 6) is 0.0882. The Labute approximate surface area is 103 Å². The van der Waals surface area contributed by atoms with Crippen molar-refractivity contribution in [3.8, 4) is 10.4 Å². The van der Waals surface area contributed by atoms with E-state index in [4.69, 9.17) is 11.6 Å². The maximum absolute atomic E-state index is 11.4. The van der Waals surface area contributed by atoms with Gasteiger partial charge in [-0.2, -0.15) is 0 Å². The van der Waals surface area contributed by atoms with Crippen molar-refractivity contribution < 1.29 is 4.79 Å². The lowest BCUT2D eigenvalue weighted by atomic mass is 10.2. The van der Waals surface area contributed by atoms with Gasteiger partial charge in [-0.15, -0.1) is 11.3 Å². The van der Waals surface area contributed by atoms with Crippen molar-refractivity contribution in [2.45, 2.75) is 13.3 Å². The quantitative estimate of drug-likeness (QED) is 0.770. The Bertz CT molecular complexity index is 504. The molecule has 1 aromatic heterocycles. The van der Waals surface area contributed by atoms with Crippen LogP contribution in [0.2, 0.25) is 5.02 Å². The van der Waals surface area contributed by atoms with Crippen LogP contribution in [0.15, 0.2) is 30.5 Å². The summed E-state index contributed by atoms with van der Waals surface area (Å²) in [6.45, 7) is 1.84. The molecule has 0 bridgehead atoms. The molecule has 0 saturated carbocycles. The van der Waals surface area contributed by atoms with Crippen LogP contribution >= 0.6 is 22.9 Å². The Kier molecular flexibility index (Phi) is 3.36. The molecule has 0 radical (unpaired) electrons. The number of carbonyl (C=O) groups excluding carboxylic acids is 1. The van der Waals surface area contributed by atoms with Gasteiger partial charge in [0.1, 0.15) is 0 Å². The van der Waals surface area contributed by atoms with Gasteiger partial charge >= 0.3 is 0 Å². The first-order valence-corrected chi connectivity index (χ1v) is 6.15. The first-order chi connectivity index (χ1) is 7.70. The summed E-state index contributed by atoms with van der Waals surface area (Å²) in [6, 6.07) is 7.52. The maximum Gasteiger partial charge on any atom is 0.191 e. The molecule has 0 aliphatic heterocycles. The highest BCUT2D eigenvalue weighted by molar-refractivity contribution is 7.17. The predicted molar refractivity (Wildman–Crippen MR) is 67.2 cm³/mol. The lowest BCUT2D eigenvalue weighted by Crippen LogP contribution is -1.93. The van der Waals surface area contributed by atoms with Crippen LogP contribution in [0.4, 0.5) is 0 Å². The van der Waals surface area contributed by atoms with Gasteiger partial charge in [-0.05, 0) is 17.7 Å². The smallest absolute Gasteiger partial charge is 0.191 e. The van der Waals surface area contributed by atoms with Crippen LogP contribution in [0.3, 0.4) is 0 Å². The van der Waals surface area contributed by atoms with Crippen molar-refractivity contribution >= 4 is 28.7 Å². The molecule has 4 heteroatoms. The molecule has 0 N–H and O–H groups in total. The predicted octanol–water partition coefficient (Wildman–Crippen LogP) is 4.06. The SMILES string of the molecule is CCC(=O)c1ncc(-c2ccc(Cl)cc2)s1. The van der Waals surface area contributed by atoms with E-state index in [0.29, 0.717) is 16.5 Å². The van der Waals surface area contributed by atoms with Crippen LogP contribution in [0.5, 0.6) is 0 Å². The average molecular weight is 252 g/mol. The van der Waals surface area contributed by atoms with Crippen LogP contribution in [0.1, 0.15) is 23.1 Å². The van der Waals surface area contributed by atoms with E-state index in [1.807, 2.05) is 31.2 Å². The minimum Gasteiger partial charge on any atom is -0.292 e. The number of Topliss-reactive ketones (excluding diaryl/α,β-unsaturated/α-hetero) is 1. The lowest BCUT2D eigenvalue weighted by Gasteiger charge is -1.95. The van der Waals surface area contributed by atoms with E-state index >= 15 is 0 Å². The molecular formula is C12H10ClNOS. The number of aromatic nitrogens is 1. The van der Waals surface area contributed by atoms with Gasteiger partial charge in [0, 0.05) is 17.6 Å². The number of rotatable bonds is 3. The van der Waals surface area contributed by atoms with Crippen molar-refractivity contribution in [2.75, 3.05) is 0 Å². The summed E-state index contributed by atoms with van der Waals surface area (Å²) >= 11 is 7.23. The Morgan fingerprint density at radius 1 is 1.38 bits per heavy atom. The van der Waals surface area contributed by atoms with Gasteiger partial charge in [-0.1, -0.05) is 30.7 Å². The Morgan fingerprint density at radius 2 is 2.06 bits per heavy atom. The molecule has 0 saturated heterocycles. The number of hydrogen-bond donors (Lipinski definition) is 0. The van der Waals surface area contributed by atoms with Crippen LogP contribution in [-0.2, 0) is 0 Å². The zero-order chi connectivity index (χ0) is 11.5. The summed E-state index contributed by atoms with van der Waals surface area (Å²) in [7, 11) is 0. The molecule has 0 aliphatic rings. The van der Waals surface area contributed by atoms with E-state index < -0.39 is 0 Å². The van der Waals surface area contributed by atoms with Gasteiger partial charge in [0.15, 0.2) is 10.8 Å². The third-order valence-electron chi connectivity index (χ3n) is 2.19. The van der Waals surface area contributed by atoms with E-state index in [9.17, 15) is 4.79 Å². The minimum atomic E-state index is 0.0882. The topological polar surface area (TPSA) is 30.0 Å². The molecule has 0 amide bonds. The summed E-state index contributed by atoms with van der Waals surface area (Å²) in [6.07, 6.45) is 2.23. The highest BCUT2D eigenvalue weighted by Crippen LogP contribution is 2.27. The summed E-state index contributed by atoms with van der Waals surface area (Å²) in [5.41, 5.74) is 1.04. The third kappa shape index (κ3) is 2.31. The molecule has 0 unspecified atom stereocenters. The molecule has 0 aliphatic carbocycles. The maximum atomic E-state index is 11.4. The standard InChI is InChI=1S/C12H10ClNOS/c1-2-10(15)12-14-7-11(16-12)8-3-5-9(13)6-4-8/h3-7H,2H2,1H3. The average Bonchev–Trinajstić information content (AvgIpc) is 2.78. The highest BCUT2D eigenvalue weighted by atomic mass is 35.5. The van der Waals surface area contributed by atoms with Crippen molar-refractivity contribution in [3.63, 3.8) is 0 Å². The zero-order valence-corrected chi connectivity index (χ0v) is 10.3. The van der Waals surface area contributed by atoms with Crippen LogP contribution < -0.4 is 0 Å². The second-order valence-electron chi connectivity index (χ2n) is 3.31.